The van der Waals surface area contributed by atoms with Gasteiger partial charge in [-0.05, 0) is 73.4 Å². The van der Waals surface area contributed by atoms with Crippen LogP contribution in [-0.2, 0) is 6.61 Å². The van der Waals surface area contributed by atoms with Crippen molar-refractivity contribution in [1.82, 2.24) is 5.43 Å². The van der Waals surface area contributed by atoms with Crippen molar-refractivity contribution in [2.24, 2.45) is 5.10 Å². The Bertz CT molecular complexity index is 1160. The molecule has 0 aliphatic carbocycles. The molecule has 34 heavy (non-hydrogen) atoms. The van der Waals surface area contributed by atoms with Gasteiger partial charge in [0, 0.05) is 11.6 Å². The van der Waals surface area contributed by atoms with Crippen molar-refractivity contribution in [1.29, 1.82) is 0 Å². The van der Waals surface area contributed by atoms with Crippen LogP contribution in [0.1, 0.15) is 38.2 Å². The Hall–Kier alpha value is -4.00. The van der Waals surface area contributed by atoms with Gasteiger partial charge in [0.2, 0.25) is 0 Å². The van der Waals surface area contributed by atoms with E-state index in [2.05, 4.69) is 43.4 Å². The second kappa shape index (κ2) is 11.2. The maximum Gasteiger partial charge on any atom is 0.271 e. The first-order valence-electron chi connectivity index (χ1n) is 10.8. The summed E-state index contributed by atoms with van der Waals surface area (Å²) in [4.78, 5) is 12.5. The van der Waals surface area contributed by atoms with Gasteiger partial charge in [0.25, 0.3) is 5.91 Å². The summed E-state index contributed by atoms with van der Waals surface area (Å²) in [6.07, 6.45) is 1.54. The van der Waals surface area contributed by atoms with Crippen LogP contribution in [0, 0.1) is 20.8 Å². The van der Waals surface area contributed by atoms with Gasteiger partial charge in [-0.15, -0.1) is 0 Å². The van der Waals surface area contributed by atoms with Crippen LogP contribution in [0.4, 0.5) is 0 Å². The standard InChI is InChI=1S/C27H30N2O5/c1-17-9-18(2)24(19(3)10-17)16-34-25-8-7-20(11-26(25)33-6)15-28-29-27(30)21-12-22(31-4)14-23(13-21)32-5/h7-15H,16H2,1-6H3,(H,29,30). The number of rotatable bonds is 9. The van der Waals surface area contributed by atoms with E-state index in [1.54, 1.807) is 31.4 Å². The van der Waals surface area contributed by atoms with E-state index in [-0.39, 0.29) is 5.91 Å². The average molecular weight is 463 g/mol. The minimum Gasteiger partial charge on any atom is -0.497 e. The summed E-state index contributed by atoms with van der Waals surface area (Å²) >= 11 is 0. The van der Waals surface area contributed by atoms with Crippen molar-refractivity contribution in [3.05, 3.63) is 81.9 Å². The van der Waals surface area contributed by atoms with E-state index in [9.17, 15) is 4.79 Å². The highest BCUT2D eigenvalue weighted by Crippen LogP contribution is 2.29. The average Bonchev–Trinajstić information content (AvgIpc) is 2.83. The number of nitrogens with one attached hydrogen (secondary N) is 1. The second-order valence-corrected chi connectivity index (χ2v) is 7.88. The highest BCUT2D eigenvalue weighted by molar-refractivity contribution is 5.95. The monoisotopic (exact) mass is 462 g/mol. The molecule has 1 N–H and O–H groups in total. The molecule has 0 aliphatic rings. The topological polar surface area (TPSA) is 78.4 Å². The maximum absolute atomic E-state index is 12.5. The van der Waals surface area contributed by atoms with E-state index < -0.39 is 0 Å². The Balaban J connectivity index is 1.68. The molecule has 3 rings (SSSR count). The fraction of sp³-hybridized carbons (Fsp3) is 0.259. The lowest BCUT2D eigenvalue weighted by Gasteiger charge is -2.15. The number of amides is 1. The predicted molar refractivity (Wildman–Crippen MR) is 133 cm³/mol. The highest BCUT2D eigenvalue weighted by atomic mass is 16.5. The molecular weight excluding hydrogens is 432 g/mol. The quantitative estimate of drug-likeness (QED) is 0.358. The first-order chi connectivity index (χ1) is 16.3. The summed E-state index contributed by atoms with van der Waals surface area (Å²) < 4.78 is 22.0. The first kappa shape index (κ1) is 24.6. The fourth-order valence-corrected chi connectivity index (χ4v) is 3.64. The van der Waals surface area contributed by atoms with Crippen molar-refractivity contribution < 1.29 is 23.7 Å². The molecule has 1 amide bonds. The number of ether oxygens (including phenoxy) is 4. The summed E-state index contributed by atoms with van der Waals surface area (Å²) in [6, 6.07) is 14.7. The Kier molecular flexibility index (Phi) is 8.14. The van der Waals surface area contributed by atoms with Crippen LogP contribution in [0.25, 0.3) is 0 Å². The van der Waals surface area contributed by atoms with Gasteiger partial charge in [-0.2, -0.15) is 5.10 Å². The molecule has 0 aromatic heterocycles. The van der Waals surface area contributed by atoms with E-state index in [0.717, 1.165) is 11.1 Å². The molecule has 7 nitrogen and oxygen atoms in total. The number of aryl methyl sites for hydroxylation is 3. The van der Waals surface area contributed by atoms with Gasteiger partial charge >= 0.3 is 0 Å². The number of carbonyl (C=O) groups is 1. The number of methoxy groups -OCH3 is 3. The molecule has 3 aromatic rings. The zero-order valence-corrected chi connectivity index (χ0v) is 20.4. The third-order valence-corrected chi connectivity index (χ3v) is 5.39. The van der Waals surface area contributed by atoms with Crippen LogP contribution in [0.15, 0.2) is 53.6 Å². The Morgan fingerprint density at radius 1 is 0.853 bits per heavy atom. The molecule has 7 heteroatoms. The first-order valence-corrected chi connectivity index (χ1v) is 10.8. The number of hydrazone groups is 1. The zero-order chi connectivity index (χ0) is 24.7. The third-order valence-electron chi connectivity index (χ3n) is 5.39. The van der Waals surface area contributed by atoms with Crippen LogP contribution >= 0.6 is 0 Å². The van der Waals surface area contributed by atoms with Gasteiger partial charge < -0.3 is 18.9 Å². The second-order valence-electron chi connectivity index (χ2n) is 7.88. The normalized spacial score (nSPS) is 10.8. The molecule has 0 bridgehead atoms. The number of nitrogens with zero attached hydrogens (tertiary/aromatic N) is 1. The van der Waals surface area contributed by atoms with Crippen LogP contribution in [0.5, 0.6) is 23.0 Å². The summed E-state index contributed by atoms with van der Waals surface area (Å²) in [5.41, 5.74) is 8.42. The maximum atomic E-state index is 12.5. The molecule has 0 saturated heterocycles. The molecule has 3 aromatic carbocycles. The minimum atomic E-state index is -0.385. The largest absolute Gasteiger partial charge is 0.497 e. The lowest BCUT2D eigenvalue weighted by atomic mass is 10.0. The Labute approximate surface area is 200 Å². The van der Waals surface area contributed by atoms with Gasteiger partial charge in [-0.1, -0.05) is 17.7 Å². The van der Waals surface area contributed by atoms with E-state index in [4.69, 9.17) is 18.9 Å². The molecule has 0 atom stereocenters. The van der Waals surface area contributed by atoms with E-state index in [0.29, 0.717) is 35.2 Å². The molecule has 0 heterocycles. The summed E-state index contributed by atoms with van der Waals surface area (Å²) in [5, 5.41) is 4.06. The van der Waals surface area contributed by atoms with Crippen LogP contribution in [0.2, 0.25) is 0 Å². The lowest BCUT2D eigenvalue weighted by Crippen LogP contribution is -2.17. The molecule has 0 unspecified atom stereocenters. The van der Waals surface area contributed by atoms with Crippen molar-refractivity contribution >= 4 is 12.1 Å². The van der Waals surface area contributed by atoms with E-state index in [1.807, 2.05) is 12.1 Å². The van der Waals surface area contributed by atoms with Crippen LogP contribution < -0.4 is 24.4 Å². The van der Waals surface area contributed by atoms with Gasteiger partial charge in [-0.25, -0.2) is 5.43 Å². The van der Waals surface area contributed by atoms with Gasteiger partial charge in [-0.3, -0.25) is 4.79 Å². The molecular formula is C27H30N2O5. The minimum absolute atomic E-state index is 0.372. The SMILES string of the molecule is COc1cc(OC)cc(C(=O)NN=Cc2ccc(OCc3c(C)cc(C)cc3C)c(OC)c2)c1. The van der Waals surface area contributed by atoms with E-state index >= 15 is 0 Å². The number of carbonyl (C=O) groups excluding carboxylic acids is 1. The molecule has 178 valence electrons. The van der Waals surface area contributed by atoms with Crippen molar-refractivity contribution in [2.45, 2.75) is 27.4 Å². The van der Waals surface area contributed by atoms with Crippen molar-refractivity contribution in [3.8, 4) is 23.0 Å². The summed E-state index contributed by atoms with van der Waals surface area (Å²) in [5.74, 6) is 1.86. The lowest BCUT2D eigenvalue weighted by molar-refractivity contribution is 0.0954. The Morgan fingerprint density at radius 2 is 1.50 bits per heavy atom. The summed E-state index contributed by atoms with van der Waals surface area (Å²) in [6.45, 7) is 6.71. The molecule has 0 spiro atoms. The highest BCUT2D eigenvalue weighted by Gasteiger charge is 2.11. The van der Waals surface area contributed by atoms with Crippen molar-refractivity contribution in [3.63, 3.8) is 0 Å². The smallest absolute Gasteiger partial charge is 0.271 e. The van der Waals surface area contributed by atoms with Gasteiger partial charge in [0.1, 0.15) is 18.1 Å². The van der Waals surface area contributed by atoms with Gasteiger partial charge in [0.05, 0.1) is 27.5 Å². The Morgan fingerprint density at radius 3 is 2.09 bits per heavy atom. The van der Waals surface area contributed by atoms with Gasteiger partial charge in [0.15, 0.2) is 11.5 Å². The van der Waals surface area contributed by atoms with Crippen LogP contribution in [-0.4, -0.2) is 33.5 Å². The van der Waals surface area contributed by atoms with Crippen molar-refractivity contribution in [2.75, 3.05) is 21.3 Å². The molecule has 0 radical (unpaired) electrons. The molecule has 0 aliphatic heterocycles. The molecule has 0 fully saturated rings. The van der Waals surface area contributed by atoms with E-state index in [1.165, 1.54) is 37.1 Å². The zero-order valence-electron chi connectivity index (χ0n) is 20.4. The number of hydrogen-bond donors (Lipinski definition) is 1. The predicted octanol–water partition coefficient (Wildman–Crippen LogP) is 4.98. The van der Waals surface area contributed by atoms with Crippen LogP contribution in [0.3, 0.4) is 0 Å². The number of hydrogen-bond acceptors (Lipinski definition) is 6. The third kappa shape index (κ3) is 6.07. The molecule has 0 saturated carbocycles. The summed E-state index contributed by atoms with van der Waals surface area (Å²) in [7, 11) is 4.64. The fourth-order valence-electron chi connectivity index (χ4n) is 3.64. The number of benzene rings is 3.